The monoisotopic (exact) mass is 397 g/mol. The van der Waals surface area contributed by atoms with Crippen molar-refractivity contribution >= 4 is 23.7 Å². The van der Waals surface area contributed by atoms with Crippen molar-refractivity contribution in [3.05, 3.63) is 59.7 Å². The number of likely N-dealkylation sites (N-methyl/N-ethyl adjacent to an activating group) is 1. The predicted molar refractivity (Wildman–Crippen MR) is 113 cm³/mol. The molecule has 0 fully saturated rings. The van der Waals surface area contributed by atoms with E-state index in [0.29, 0.717) is 24.4 Å². The number of aryl methyl sites for hydroxylation is 1. The van der Waals surface area contributed by atoms with Gasteiger partial charge in [0.1, 0.15) is 5.75 Å². The van der Waals surface area contributed by atoms with Crippen molar-refractivity contribution in [3.8, 4) is 5.75 Å². The van der Waals surface area contributed by atoms with Gasteiger partial charge in [-0.05, 0) is 44.5 Å². The summed E-state index contributed by atoms with van der Waals surface area (Å²) in [6.07, 6.45) is 1.46. The summed E-state index contributed by atoms with van der Waals surface area (Å²) >= 11 is 0. The average molecular weight is 397 g/mol. The molecule has 0 radical (unpaired) electrons. The number of benzene rings is 2. The van der Waals surface area contributed by atoms with Crippen molar-refractivity contribution in [2.75, 3.05) is 31.6 Å². The van der Waals surface area contributed by atoms with Gasteiger partial charge in [0.05, 0.1) is 6.21 Å². The molecule has 1 N–H and O–H groups in total. The molecule has 0 bridgehead atoms. The first-order valence-electron chi connectivity index (χ1n) is 9.55. The molecule has 2 rings (SSSR count). The van der Waals surface area contributed by atoms with Crippen LogP contribution in [0.3, 0.4) is 0 Å². The van der Waals surface area contributed by atoms with E-state index < -0.39 is 0 Å². The molecule has 0 heterocycles. The standard InChI is InChI=1S/C22H27N3O4/c1-4-25(5-2)22(27)16-28-20-13-9-7-11-18(20)14-23-29-15-21(26)24-19-12-8-6-10-17(19)3/h6-14H,4-5,15-16H2,1-3H3,(H,24,26). The number of para-hydroxylation sites is 2. The lowest BCUT2D eigenvalue weighted by Gasteiger charge is -2.19. The molecule has 2 aromatic rings. The Hall–Kier alpha value is -3.35. The molecule has 0 unspecified atom stereocenters. The van der Waals surface area contributed by atoms with Crippen molar-refractivity contribution in [2.24, 2.45) is 5.16 Å². The Bertz CT molecular complexity index is 847. The van der Waals surface area contributed by atoms with E-state index in [1.807, 2.05) is 57.2 Å². The number of carbonyl (C=O) groups is 2. The fourth-order valence-electron chi connectivity index (χ4n) is 2.62. The summed E-state index contributed by atoms with van der Waals surface area (Å²) < 4.78 is 5.64. The van der Waals surface area contributed by atoms with Gasteiger partial charge >= 0.3 is 0 Å². The second-order valence-corrected chi connectivity index (χ2v) is 6.26. The van der Waals surface area contributed by atoms with E-state index in [1.165, 1.54) is 6.21 Å². The smallest absolute Gasteiger partial charge is 0.265 e. The number of amides is 2. The number of nitrogens with one attached hydrogen (secondary N) is 1. The maximum atomic E-state index is 12.1. The number of hydrogen-bond acceptors (Lipinski definition) is 5. The highest BCUT2D eigenvalue weighted by molar-refractivity contribution is 5.92. The van der Waals surface area contributed by atoms with Gasteiger partial charge in [-0.2, -0.15) is 0 Å². The molecule has 0 aromatic heterocycles. The molecular weight excluding hydrogens is 370 g/mol. The topological polar surface area (TPSA) is 80.2 Å². The van der Waals surface area contributed by atoms with Gasteiger partial charge in [-0.1, -0.05) is 35.5 Å². The van der Waals surface area contributed by atoms with Crippen LogP contribution in [0.5, 0.6) is 5.75 Å². The molecule has 2 aromatic carbocycles. The Balaban J connectivity index is 1.86. The molecule has 29 heavy (non-hydrogen) atoms. The molecule has 0 aliphatic carbocycles. The number of nitrogens with zero attached hydrogens (tertiary/aromatic N) is 2. The minimum absolute atomic E-state index is 0.0494. The van der Waals surface area contributed by atoms with Crippen molar-refractivity contribution in [1.29, 1.82) is 0 Å². The zero-order chi connectivity index (χ0) is 21.1. The van der Waals surface area contributed by atoms with Crippen LogP contribution in [0.1, 0.15) is 25.0 Å². The molecule has 0 atom stereocenters. The van der Waals surface area contributed by atoms with E-state index >= 15 is 0 Å². The highest BCUT2D eigenvalue weighted by atomic mass is 16.6. The normalized spacial score (nSPS) is 10.6. The Morgan fingerprint density at radius 1 is 1.03 bits per heavy atom. The molecule has 0 aliphatic rings. The second-order valence-electron chi connectivity index (χ2n) is 6.26. The van der Waals surface area contributed by atoms with E-state index in [1.54, 1.807) is 17.0 Å². The minimum atomic E-state index is -0.300. The summed E-state index contributed by atoms with van der Waals surface area (Å²) in [6, 6.07) is 14.7. The average Bonchev–Trinajstić information content (AvgIpc) is 2.73. The van der Waals surface area contributed by atoms with Gasteiger partial charge in [-0.15, -0.1) is 0 Å². The van der Waals surface area contributed by atoms with Gasteiger partial charge in [0.2, 0.25) is 0 Å². The maximum Gasteiger partial charge on any atom is 0.265 e. The van der Waals surface area contributed by atoms with Crippen LogP contribution in [0.2, 0.25) is 0 Å². The van der Waals surface area contributed by atoms with Crippen LogP contribution in [0.25, 0.3) is 0 Å². The molecule has 7 heteroatoms. The first kappa shape index (κ1) is 21.9. The summed E-state index contributed by atoms with van der Waals surface area (Å²) in [5.41, 5.74) is 2.36. The van der Waals surface area contributed by atoms with Crippen LogP contribution < -0.4 is 10.1 Å². The molecule has 154 valence electrons. The Morgan fingerprint density at radius 3 is 2.45 bits per heavy atom. The van der Waals surface area contributed by atoms with E-state index in [0.717, 1.165) is 11.3 Å². The quantitative estimate of drug-likeness (QED) is 0.493. The van der Waals surface area contributed by atoms with Crippen LogP contribution in [0.15, 0.2) is 53.7 Å². The van der Waals surface area contributed by atoms with Crippen molar-refractivity contribution in [3.63, 3.8) is 0 Å². The van der Waals surface area contributed by atoms with Crippen LogP contribution in [-0.2, 0) is 14.4 Å². The van der Waals surface area contributed by atoms with E-state index in [-0.39, 0.29) is 25.0 Å². The Labute approximate surface area is 171 Å². The summed E-state index contributed by atoms with van der Waals surface area (Å²) in [7, 11) is 0. The lowest BCUT2D eigenvalue weighted by molar-refractivity contribution is -0.133. The number of anilines is 1. The SMILES string of the molecule is CCN(CC)C(=O)COc1ccccc1C=NOCC(=O)Nc1ccccc1C. The zero-order valence-corrected chi connectivity index (χ0v) is 17.1. The van der Waals surface area contributed by atoms with E-state index in [4.69, 9.17) is 9.57 Å². The highest BCUT2D eigenvalue weighted by Gasteiger charge is 2.11. The fourth-order valence-corrected chi connectivity index (χ4v) is 2.62. The lowest BCUT2D eigenvalue weighted by atomic mass is 10.2. The zero-order valence-electron chi connectivity index (χ0n) is 17.1. The molecule has 2 amide bonds. The van der Waals surface area contributed by atoms with Crippen LogP contribution in [0.4, 0.5) is 5.69 Å². The second kappa shape index (κ2) is 11.5. The fraction of sp³-hybridized carbons (Fsp3) is 0.318. The first-order chi connectivity index (χ1) is 14.0. The van der Waals surface area contributed by atoms with Gasteiger partial charge in [0, 0.05) is 24.3 Å². The summed E-state index contributed by atoms with van der Waals surface area (Å²) in [5.74, 6) is 0.140. The molecule has 7 nitrogen and oxygen atoms in total. The number of carbonyl (C=O) groups excluding carboxylic acids is 2. The number of ether oxygens (including phenoxy) is 1. The summed E-state index contributed by atoms with van der Waals surface area (Å²) in [5, 5.41) is 6.61. The van der Waals surface area contributed by atoms with Gasteiger partial charge in [0.25, 0.3) is 11.8 Å². The third-order valence-corrected chi connectivity index (χ3v) is 4.27. The van der Waals surface area contributed by atoms with Crippen LogP contribution >= 0.6 is 0 Å². The largest absolute Gasteiger partial charge is 0.483 e. The van der Waals surface area contributed by atoms with Crippen molar-refractivity contribution in [1.82, 2.24) is 4.90 Å². The van der Waals surface area contributed by atoms with Gasteiger partial charge < -0.3 is 19.8 Å². The lowest BCUT2D eigenvalue weighted by Crippen LogP contribution is -2.34. The molecule has 0 spiro atoms. The van der Waals surface area contributed by atoms with Gasteiger partial charge in [-0.25, -0.2) is 0 Å². The van der Waals surface area contributed by atoms with Gasteiger partial charge in [0.15, 0.2) is 13.2 Å². The number of hydrogen-bond donors (Lipinski definition) is 1. The third kappa shape index (κ3) is 6.95. The van der Waals surface area contributed by atoms with E-state index in [9.17, 15) is 9.59 Å². The molecular formula is C22H27N3O4. The predicted octanol–water partition coefficient (Wildman–Crippen LogP) is 3.23. The van der Waals surface area contributed by atoms with E-state index in [2.05, 4.69) is 10.5 Å². The van der Waals surface area contributed by atoms with Crippen molar-refractivity contribution in [2.45, 2.75) is 20.8 Å². The molecule has 0 saturated heterocycles. The van der Waals surface area contributed by atoms with Crippen LogP contribution in [-0.4, -0.2) is 49.2 Å². The highest BCUT2D eigenvalue weighted by Crippen LogP contribution is 2.16. The first-order valence-corrected chi connectivity index (χ1v) is 9.55. The third-order valence-electron chi connectivity index (χ3n) is 4.27. The maximum absolute atomic E-state index is 12.1. The summed E-state index contributed by atoms with van der Waals surface area (Å²) in [4.78, 5) is 30.9. The Kier molecular flexibility index (Phi) is 8.69. The van der Waals surface area contributed by atoms with Crippen LogP contribution in [0, 0.1) is 6.92 Å². The molecule has 0 saturated carbocycles. The minimum Gasteiger partial charge on any atom is -0.483 e. The number of rotatable bonds is 10. The van der Waals surface area contributed by atoms with Gasteiger partial charge in [-0.3, -0.25) is 9.59 Å². The number of oxime groups is 1. The van der Waals surface area contributed by atoms with Crippen molar-refractivity contribution < 1.29 is 19.2 Å². The molecule has 0 aliphatic heterocycles. The Morgan fingerprint density at radius 2 is 1.72 bits per heavy atom. The summed E-state index contributed by atoms with van der Waals surface area (Å²) in [6.45, 7) is 6.78.